The van der Waals surface area contributed by atoms with Crippen LogP contribution in [0.3, 0.4) is 0 Å². The molecule has 8 heteroatoms. The first-order valence-electron chi connectivity index (χ1n) is 3.16. The molecule has 0 aliphatic heterocycles. The molecular weight excluding hydrogens is 213 g/mol. The molecule has 0 aromatic heterocycles. The van der Waals surface area contributed by atoms with Crippen molar-refractivity contribution in [2.75, 3.05) is 12.4 Å². The maximum absolute atomic E-state index is 11.6. The summed E-state index contributed by atoms with van der Waals surface area (Å²) in [6.45, 7) is -1.75. The number of nitrogens with two attached hydrogens (primary N) is 1. The van der Waals surface area contributed by atoms with Crippen LogP contribution in [0.15, 0.2) is 0 Å². The van der Waals surface area contributed by atoms with Gasteiger partial charge in [-0.05, 0) is 0 Å². The molecule has 0 aromatic rings. The smallest absolute Gasteiger partial charge is 0.319 e. The van der Waals surface area contributed by atoms with Crippen LogP contribution in [-0.2, 0) is 4.79 Å². The number of nitrogens with zero attached hydrogens (tertiary/aromatic N) is 1. The van der Waals surface area contributed by atoms with Gasteiger partial charge in [-0.15, -0.1) is 11.6 Å². The predicted octanol–water partition coefficient (Wildman–Crippen LogP) is 0.333. The van der Waals surface area contributed by atoms with Crippen LogP contribution < -0.4 is 5.73 Å². The molecule has 78 valence electrons. The van der Waals surface area contributed by atoms with Crippen molar-refractivity contribution in [2.45, 2.75) is 12.2 Å². The fraction of sp³-hybridized carbons (Fsp3) is 0.800. The lowest BCUT2D eigenvalue weighted by molar-refractivity contribution is -0.213. The third-order valence-electron chi connectivity index (χ3n) is 1.07. The van der Waals surface area contributed by atoms with Gasteiger partial charge in [0.2, 0.25) is 0 Å². The summed E-state index contributed by atoms with van der Waals surface area (Å²) < 4.78 is 34.8. The van der Waals surface area contributed by atoms with Gasteiger partial charge in [0.05, 0.1) is 0 Å². The van der Waals surface area contributed by atoms with E-state index < -0.39 is 29.7 Å². The minimum atomic E-state index is -4.66. The van der Waals surface area contributed by atoms with Crippen molar-refractivity contribution in [3.63, 3.8) is 0 Å². The number of amides is 1. The van der Waals surface area contributed by atoms with Crippen LogP contribution in [0.5, 0.6) is 0 Å². The molecule has 1 amide bonds. The highest BCUT2D eigenvalue weighted by Crippen LogP contribution is 2.15. The van der Waals surface area contributed by atoms with Gasteiger partial charge in [-0.2, -0.15) is 13.2 Å². The Labute approximate surface area is 77.0 Å². The number of hydrogen-bond donors (Lipinski definition) is 2. The Kier molecular flexibility index (Phi) is 4.45. The van der Waals surface area contributed by atoms with Crippen molar-refractivity contribution in [1.82, 2.24) is 5.06 Å². The number of carbonyl (C=O) groups excluding carboxylic acids is 1. The predicted molar refractivity (Wildman–Crippen MR) is 38.2 cm³/mol. The zero-order valence-electron chi connectivity index (χ0n) is 6.38. The number of hydroxylamine groups is 2. The summed E-state index contributed by atoms with van der Waals surface area (Å²) in [5, 5.41) is 8.09. The van der Waals surface area contributed by atoms with Crippen molar-refractivity contribution >= 4 is 17.5 Å². The second kappa shape index (κ2) is 4.64. The first-order valence-corrected chi connectivity index (χ1v) is 3.70. The molecule has 0 aromatic carbocycles. The lowest BCUT2D eigenvalue weighted by Crippen LogP contribution is -2.46. The Morgan fingerprint density at radius 2 is 2.08 bits per heavy atom. The lowest BCUT2D eigenvalue weighted by Gasteiger charge is -2.18. The van der Waals surface area contributed by atoms with Crippen LogP contribution >= 0.6 is 11.6 Å². The van der Waals surface area contributed by atoms with Crippen LogP contribution in [-0.4, -0.2) is 40.8 Å². The van der Waals surface area contributed by atoms with Gasteiger partial charge < -0.3 is 5.73 Å². The van der Waals surface area contributed by atoms with E-state index >= 15 is 0 Å². The molecule has 0 heterocycles. The quantitative estimate of drug-likeness (QED) is 0.409. The van der Waals surface area contributed by atoms with Gasteiger partial charge >= 0.3 is 6.18 Å². The van der Waals surface area contributed by atoms with E-state index in [1.807, 2.05) is 0 Å². The van der Waals surface area contributed by atoms with Crippen LogP contribution in [0.25, 0.3) is 0 Å². The molecule has 0 fully saturated rings. The first-order chi connectivity index (χ1) is 5.78. The fourth-order valence-corrected chi connectivity index (χ4v) is 0.637. The molecule has 0 saturated heterocycles. The molecule has 1 unspecified atom stereocenters. The lowest BCUT2D eigenvalue weighted by atomic mass is 10.3. The number of alkyl halides is 4. The van der Waals surface area contributed by atoms with E-state index in [1.165, 1.54) is 0 Å². The zero-order valence-corrected chi connectivity index (χ0v) is 7.14. The standard InChI is InChI=1S/C5H8ClF3N2O2/c6-1-3(10)4(12)11(13)2-5(7,8)9/h3,13H,1-2,10H2. The topological polar surface area (TPSA) is 66.6 Å². The zero-order chi connectivity index (χ0) is 10.6. The number of halogens is 4. The average Bonchev–Trinajstić information content (AvgIpc) is 1.98. The van der Waals surface area contributed by atoms with Gasteiger partial charge in [-0.1, -0.05) is 0 Å². The third kappa shape index (κ3) is 4.91. The number of carbonyl (C=O) groups is 1. The van der Waals surface area contributed by atoms with E-state index in [2.05, 4.69) is 0 Å². The Hall–Kier alpha value is -0.530. The molecule has 0 radical (unpaired) electrons. The molecule has 0 saturated carbocycles. The summed E-state index contributed by atoms with van der Waals surface area (Å²) in [6.07, 6.45) is -4.66. The van der Waals surface area contributed by atoms with Gasteiger partial charge in [0.25, 0.3) is 5.91 Å². The minimum Gasteiger partial charge on any atom is -0.319 e. The van der Waals surface area contributed by atoms with Gasteiger partial charge in [0, 0.05) is 5.88 Å². The molecule has 0 aliphatic rings. The van der Waals surface area contributed by atoms with Gasteiger partial charge in [-0.3, -0.25) is 10.0 Å². The van der Waals surface area contributed by atoms with E-state index in [0.29, 0.717) is 0 Å². The molecule has 0 bridgehead atoms. The Bertz CT molecular complexity index is 187. The van der Waals surface area contributed by atoms with Gasteiger partial charge in [-0.25, -0.2) is 5.06 Å². The molecule has 1 atom stereocenters. The van der Waals surface area contributed by atoms with E-state index in [1.54, 1.807) is 0 Å². The second-order valence-electron chi connectivity index (χ2n) is 2.27. The highest BCUT2D eigenvalue weighted by Gasteiger charge is 2.33. The number of rotatable bonds is 3. The minimum absolute atomic E-state index is 0.353. The molecule has 3 N–H and O–H groups in total. The van der Waals surface area contributed by atoms with E-state index in [9.17, 15) is 18.0 Å². The fourth-order valence-electron chi connectivity index (χ4n) is 0.505. The average molecular weight is 221 g/mol. The Balaban J connectivity index is 4.12. The Morgan fingerprint density at radius 1 is 1.62 bits per heavy atom. The second-order valence-corrected chi connectivity index (χ2v) is 2.58. The molecule has 4 nitrogen and oxygen atoms in total. The summed E-state index contributed by atoms with van der Waals surface area (Å²) in [4.78, 5) is 10.7. The highest BCUT2D eigenvalue weighted by atomic mass is 35.5. The molecule has 13 heavy (non-hydrogen) atoms. The summed E-state index contributed by atoms with van der Waals surface area (Å²) in [5.41, 5.74) is 4.99. The van der Waals surface area contributed by atoms with E-state index in [0.717, 1.165) is 0 Å². The molecular formula is C5H8ClF3N2O2. The maximum Gasteiger partial charge on any atom is 0.408 e. The van der Waals surface area contributed by atoms with Crippen LogP contribution in [0.2, 0.25) is 0 Å². The summed E-state index contributed by atoms with van der Waals surface area (Å²) in [6, 6.07) is -1.32. The Morgan fingerprint density at radius 3 is 2.38 bits per heavy atom. The first kappa shape index (κ1) is 12.5. The summed E-state index contributed by atoms with van der Waals surface area (Å²) >= 11 is 5.10. The van der Waals surface area contributed by atoms with E-state index in [-0.39, 0.29) is 5.88 Å². The number of hydrogen-bond acceptors (Lipinski definition) is 3. The third-order valence-corrected chi connectivity index (χ3v) is 1.40. The van der Waals surface area contributed by atoms with Crippen molar-refractivity contribution in [3.05, 3.63) is 0 Å². The molecule has 0 spiro atoms. The van der Waals surface area contributed by atoms with Crippen molar-refractivity contribution in [1.29, 1.82) is 0 Å². The summed E-state index contributed by atoms with van der Waals surface area (Å²) in [7, 11) is 0. The van der Waals surface area contributed by atoms with Crippen LogP contribution in [0.4, 0.5) is 13.2 Å². The maximum atomic E-state index is 11.6. The van der Waals surface area contributed by atoms with Crippen molar-refractivity contribution < 1.29 is 23.2 Å². The van der Waals surface area contributed by atoms with Gasteiger partial charge in [0.15, 0.2) is 0 Å². The van der Waals surface area contributed by atoms with Crippen molar-refractivity contribution in [3.8, 4) is 0 Å². The largest absolute Gasteiger partial charge is 0.408 e. The summed E-state index contributed by atoms with van der Waals surface area (Å²) in [5.74, 6) is -1.61. The van der Waals surface area contributed by atoms with Crippen LogP contribution in [0.1, 0.15) is 0 Å². The molecule has 0 aliphatic carbocycles. The SMILES string of the molecule is NC(CCl)C(=O)N(O)CC(F)(F)F. The van der Waals surface area contributed by atoms with Gasteiger partial charge in [0.1, 0.15) is 12.6 Å². The molecule has 0 rings (SSSR count). The monoisotopic (exact) mass is 220 g/mol. The van der Waals surface area contributed by atoms with Crippen molar-refractivity contribution in [2.24, 2.45) is 5.73 Å². The van der Waals surface area contributed by atoms with Crippen LogP contribution in [0, 0.1) is 0 Å². The normalized spacial score (nSPS) is 14.0. The van der Waals surface area contributed by atoms with E-state index in [4.69, 9.17) is 22.5 Å². The highest BCUT2D eigenvalue weighted by molar-refractivity contribution is 6.19.